The highest BCUT2D eigenvalue weighted by Crippen LogP contribution is 2.66. The Morgan fingerprint density at radius 1 is 0.875 bits per heavy atom. The maximum absolute atomic E-state index is 13.8. The average molecular weight is 488 g/mol. The Balaban J connectivity index is 1.50. The summed E-state index contributed by atoms with van der Waals surface area (Å²) >= 11 is 3.99. The Morgan fingerprint density at radius 3 is 2.00 bits per heavy atom. The Bertz CT molecular complexity index is 1270. The van der Waals surface area contributed by atoms with Crippen LogP contribution in [0.25, 0.3) is 0 Å². The van der Waals surface area contributed by atoms with Crippen LogP contribution in [0.15, 0.2) is 72.8 Å². The lowest BCUT2D eigenvalue weighted by atomic mass is 9.55. The highest BCUT2D eigenvalue weighted by molar-refractivity contribution is 9.09. The van der Waals surface area contributed by atoms with Crippen LogP contribution in [-0.4, -0.2) is 17.8 Å². The maximum Gasteiger partial charge on any atom is 0.308 e. The van der Waals surface area contributed by atoms with E-state index in [0.717, 1.165) is 22.3 Å². The summed E-state index contributed by atoms with van der Waals surface area (Å²) in [7, 11) is 0. The average Bonchev–Trinajstić information content (AvgIpc) is 3.06. The zero-order valence-electron chi connectivity index (χ0n) is 17.1. The molecule has 3 aromatic rings. The van der Waals surface area contributed by atoms with Crippen molar-refractivity contribution in [2.75, 3.05) is 4.90 Å². The van der Waals surface area contributed by atoms with Crippen LogP contribution in [-0.2, 0) is 18.7 Å². The summed E-state index contributed by atoms with van der Waals surface area (Å²) in [5, 5.41) is 0. The van der Waals surface area contributed by atoms with Crippen LogP contribution >= 0.6 is 15.9 Å². The molecule has 1 heterocycles. The van der Waals surface area contributed by atoms with Crippen molar-refractivity contribution < 1.29 is 19.1 Å². The fraction of sp³-hybridized carbons (Fsp3) is 0.192. The summed E-state index contributed by atoms with van der Waals surface area (Å²) < 4.78 is 4.32. The Morgan fingerprint density at radius 2 is 1.44 bits per heavy atom. The van der Waals surface area contributed by atoms with Crippen LogP contribution in [0.1, 0.15) is 35.1 Å². The van der Waals surface area contributed by atoms with Gasteiger partial charge in [-0.2, -0.15) is 0 Å². The van der Waals surface area contributed by atoms with Crippen molar-refractivity contribution in [3.05, 3.63) is 95.1 Å². The number of carbonyl (C=O) groups is 3. The molecule has 1 saturated heterocycles. The Labute approximate surface area is 193 Å². The van der Waals surface area contributed by atoms with Gasteiger partial charge in [0.15, 0.2) is 0 Å². The van der Waals surface area contributed by atoms with Gasteiger partial charge in [-0.3, -0.25) is 14.4 Å². The van der Waals surface area contributed by atoms with Crippen LogP contribution in [0.3, 0.4) is 0 Å². The third kappa shape index (κ3) is 2.36. The molecule has 0 saturated carbocycles. The van der Waals surface area contributed by atoms with E-state index in [1.54, 1.807) is 24.3 Å². The lowest BCUT2D eigenvalue weighted by Gasteiger charge is -2.51. The van der Waals surface area contributed by atoms with Crippen molar-refractivity contribution in [2.24, 2.45) is 11.8 Å². The molecule has 32 heavy (non-hydrogen) atoms. The van der Waals surface area contributed by atoms with Crippen molar-refractivity contribution in [3.8, 4) is 5.75 Å². The van der Waals surface area contributed by atoms with Gasteiger partial charge in [-0.25, -0.2) is 4.90 Å². The highest BCUT2D eigenvalue weighted by atomic mass is 79.9. The first-order valence-electron chi connectivity index (χ1n) is 10.5. The summed E-state index contributed by atoms with van der Waals surface area (Å²) in [6.07, 6.45) is 0. The van der Waals surface area contributed by atoms with E-state index in [1.165, 1.54) is 11.8 Å². The van der Waals surface area contributed by atoms with Crippen molar-refractivity contribution in [3.63, 3.8) is 0 Å². The second-order valence-electron chi connectivity index (χ2n) is 8.47. The second kappa shape index (κ2) is 6.62. The molecule has 0 radical (unpaired) electrons. The second-order valence-corrected chi connectivity index (χ2v) is 9.72. The van der Waals surface area contributed by atoms with Crippen molar-refractivity contribution >= 4 is 39.4 Å². The van der Waals surface area contributed by atoms with Gasteiger partial charge in [0.25, 0.3) is 0 Å². The van der Waals surface area contributed by atoms with Gasteiger partial charge in [-0.05, 0) is 46.5 Å². The van der Waals surface area contributed by atoms with E-state index in [-0.39, 0.29) is 17.7 Å². The molecule has 2 bridgehead atoms. The first-order valence-corrected chi connectivity index (χ1v) is 11.3. The summed E-state index contributed by atoms with van der Waals surface area (Å²) in [4.78, 5) is 40.1. The molecule has 2 atom stereocenters. The molecule has 0 aromatic heterocycles. The van der Waals surface area contributed by atoms with E-state index < -0.39 is 22.1 Å². The van der Waals surface area contributed by atoms with Crippen LogP contribution in [0.2, 0.25) is 0 Å². The summed E-state index contributed by atoms with van der Waals surface area (Å²) in [6.45, 7) is 1.33. The van der Waals surface area contributed by atoms with Gasteiger partial charge in [0.1, 0.15) is 5.75 Å². The number of carbonyl (C=O) groups excluding carboxylic acids is 3. The Hall–Kier alpha value is -3.25. The molecule has 4 aliphatic rings. The molecule has 0 unspecified atom stereocenters. The SMILES string of the molecule is CC(=O)Oc1ccc(N2C(=O)[C@@H]3[C@@H](C2=O)C2c4ccccc4C3(Br)c3ccccc32)cc1. The largest absolute Gasteiger partial charge is 0.427 e. The number of halogens is 1. The molecule has 0 N–H and O–H groups in total. The van der Waals surface area contributed by atoms with Gasteiger partial charge in [-0.1, -0.05) is 64.5 Å². The van der Waals surface area contributed by atoms with E-state index in [4.69, 9.17) is 4.74 Å². The normalized spacial score (nSPS) is 27.1. The van der Waals surface area contributed by atoms with Crippen LogP contribution < -0.4 is 9.64 Å². The summed E-state index contributed by atoms with van der Waals surface area (Å²) in [6, 6.07) is 22.7. The molecular formula is C26H18BrNO4. The van der Waals surface area contributed by atoms with Crippen molar-refractivity contribution in [1.29, 1.82) is 0 Å². The van der Waals surface area contributed by atoms with Crippen LogP contribution in [0, 0.1) is 11.8 Å². The number of nitrogens with zero attached hydrogens (tertiary/aromatic N) is 1. The predicted molar refractivity (Wildman–Crippen MR) is 122 cm³/mol. The third-order valence-corrected chi connectivity index (χ3v) is 8.22. The summed E-state index contributed by atoms with van der Waals surface area (Å²) in [5.74, 6) is -1.67. The lowest BCUT2D eigenvalue weighted by Crippen LogP contribution is -2.50. The predicted octanol–water partition coefficient (Wildman–Crippen LogP) is 4.52. The van der Waals surface area contributed by atoms with Gasteiger partial charge < -0.3 is 4.74 Å². The number of esters is 1. The van der Waals surface area contributed by atoms with Crippen LogP contribution in [0.5, 0.6) is 5.75 Å². The smallest absolute Gasteiger partial charge is 0.308 e. The van der Waals surface area contributed by atoms with E-state index >= 15 is 0 Å². The number of amides is 2. The van der Waals surface area contributed by atoms with E-state index in [9.17, 15) is 14.4 Å². The maximum atomic E-state index is 13.8. The number of alkyl halides is 1. The van der Waals surface area contributed by atoms with Gasteiger partial charge in [-0.15, -0.1) is 0 Å². The van der Waals surface area contributed by atoms with E-state index in [2.05, 4.69) is 40.2 Å². The molecule has 3 aliphatic carbocycles. The first kappa shape index (κ1) is 19.4. The zero-order chi connectivity index (χ0) is 22.2. The van der Waals surface area contributed by atoms with E-state index in [0.29, 0.717) is 11.4 Å². The van der Waals surface area contributed by atoms with Gasteiger partial charge >= 0.3 is 5.97 Å². The number of ether oxygens (including phenoxy) is 1. The zero-order valence-corrected chi connectivity index (χ0v) is 18.7. The number of hydrogen-bond donors (Lipinski definition) is 0. The fourth-order valence-electron chi connectivity index (χ4n) is 5.76. The molecule has 6 heteroatoms. The number of benzene rings is 3. The Kier molecular flexibility index (Phi) is 4.02. The van der Waals surface area contributed by atoms with Gasteiger partial charge in [0.05, 0.1) is 21.8 Å². The number of anilines is 1. The number of imide groups is 1. The molecule has 5 nitrogen and oxygen atoms in total. The number of rotatable bonds is 2. The minimum Gasteiger partial charge on any atom is -0.427 e. The monoisotopic (exact) mass is 487 g/mol. The lowest BCUT2D eigenvalue weighted by molar-refractivity contribution is -0.132. The molecule has 1 aliphatic heterocycles. The first-order chi connectivity index (χ1) is 15.4. The fourth-order valence-corrected chi connectivity index (χ4v) is 6.97. The standard InChI is InChI=1S/C26H18BrNO4/c1-14(29)32-16-12-10-15(11-13-16)28-24(30)22-21-17-6-2-4-8-19(17)26(27,23(22)25(28)31)20-9-5-3-7-18(20)21/h2-13,21-23H,1H3/t21?,22-,23-,26?/m0/s1. The molecule has 158 valence electrons. The minimum absolute atomic E-state index is 0.173. The molecule has 2 amide bonds. The molecule has 0 spiro atoms. The van der Waals surface area contributed by atoms with E-state index in [1.807, 2.05) is 24.3 Å². The van der Waals surface area contributed by atoms with Crippen molar-refractivity contribution in [2.45, 2.75) is 17.2 Å². The highest BCUT2D eigenvalue weighted by Gasteiger charge is 2.67. The van der Waals surface area contributed by atoms with Crippen molar-refractivity contribution in [1.82, 2.24) is 0 Å². The van der Waals surface area contributed by atoms with Crippen LogP contribution in [0.4, 0.5) is 5.69 Å². The third-order valence-electron chi connectivity index (χ3n) is 6.87. The van der Waals surface area contributed by atoms with Gasteiger partial charge in [0, 0.05) is 12.8 Å². The summed E-state index contributed by atoms with van der Waals surface area (Å²) in [5.41, 5.74) is 4.78. The quantitative estimate of drug-likeness (QED) is 0.231. The topological polar surface area (TPSA) is 63.7 Å². The number of hydrogen-bond acceptors (Lipinski definition) is 4. The molecule has 7 rings (SSSR count). The molecule has 3 aromatic carbocycles. The molecular weight excluding hydrogens is 470 g/mol. The van der Waals surface area contributed by atoms with Gasteiger partial charge in [0.2, 0.25) is 11.8 Å². The molecule has 1 fully saturated rings. The minimum atomic E-state index is -0.765.